The Hall–Kier alpha value is -0.210. The van der Waals surface area contributed by atoms with Crippen LogP contribution in [0.4, 0.5) is 4.39 Å². The lowest BCUT2D eigenvalue weighted by Gasteiger charge is -2.42. The number of carbonyl (C=O) groups is 1. The third kappa shape index (κ3) is 8.25. The number of piperazine rings is 1. The first kappa shape index (κ1) is 35.1. The Morgan fingerprint density at radius 3 is 2.20 bits per heavy atom. The number of halogens is 8. The van der Waals surface area contributed by atoms with E-state index in [1.165, 1.54) is 44.2 Å². The van der Waals surface area contributed by atoms with Gasteiger partial charge in [-0.1, -0.05) is 125 Å². The van der Waals surface area contributed by atoms with Crippen molar-refractivity contribution in [3.05, 3.63) is 69.5 Å². The number of likely N-dealkylation sites (tertiary alicyclic amines) is 1. The summed E-state index contributed by atoms with van der Waals surface area (Å²) in [6, 6.07) is 10.6. The maximum Gasteiger partial charge on any atom is 0.227 e. The van der Waals surface area contributed by atoms with E-state index in [1.807, 2.05) is 12.1 Å². The maximum atomic E-state index is 14.5. The molecule has 0 aromatic heterocycles. The van der Waals surface area contributed by atoms with Crippen molar-refractivity contribution < 1.29 is 9.18 Å². The highest BCUT2D eigenvalue weighted by molar-refractivity contribution is 6.69. The zero-order valence-corrected chi connectivity index (χ0v) is 29.7. The normalized spacial score (nSPS) is 23.0. The molecular formula is C32H37Cl7FN3O. The molecule has 1 unspecified atom stereocenters. The van der Waals surface area contributed by atoms with Gasteiger partial charge >= 0.3 is 0 Å². The summed E-state index contributed by atoms with van der Waals surface area (Å²) in [5.41, 5.74) is 1.27. The Bertz CT molecular complexity index is 1300. The Morgan fingerprint density at radius 1 is 0.886 bits per heavy atom. The van der Waals surface area contributed by atoms with Gasteiger partial charge in [0.1, 0.15) is 5.82 Å². The SMILES string of the molecule is O=C(Cc1c(F)cccc1Cl)N1CCC(CCN2CCN(C3CCCCC3)CC2)(c2ccc(C(Cl)(Cl)Cl)c(C(Cl)(Cl)Cl)c2)C1. The number of nitrogens with zero attached hydrogens (tertiary/aromatic N) is 3. The minimum atomic E-state index is -1.83. The van der Waals surface area contributed by atoms with Gasteiger partial charge in [-0.2, -0.15) is 0 Å². The lowest BCUT2D eigenvalue weighted by atomic mass is 9.75. The summed E-state index contributed by atoms with van der Waals surface area (Å²) in [6.07, 6.45) is 8.00. The summed E-state index contributed by atoms with van der Waals surface area (Å²) in [5, 5.41) is 0.241. The Labute approximate surface area is 294 Å². The van der Waals surface area contributed by atoms with Crippen molar-refractivity contribution >= 4 is 87.1 Å². The molecule has 0 radical (unpaired) electrons. The third-order valence-electron chi connectivity index (χ3n) is 9.74. The van der Waals surface area contributed by atoms with E-state index in [0.717, 1.165) is 44.7 Å². The first-order valence-corrected chi connectivity index (χ1v) is 17.9. The van der Waals surface area contributed by atoms with E-state index in [-0.39, 0.29) is 22.9 Å². The van der Waals surface area contributed by atoms with Gasteiger partial charge in [-0.15, -0.1) is 0 Å². The molecule has 1 amide bonds. The van der Waals surface area contributed by atoms with Crippen LogP contribution >= 0.6 is 81.2 Å². The van der Waals surface area contributed by atoms with Gasteiger partial charge in [-0.05, 0) is 49.9 Å². The topological polar surface area (TPSA) is 26.8 Å². The predicted molar refractivity (Wildman–Crippen MR) is 182 cm³/mol. The standard InChI is InChI=1S/C32H37Cl7FN3O/c33-27-7-4-8-28(40)24(27)20-29(44)43-14-12-30(21-43,22-9-10-25(31(34,35)36)26(19-22)32(37,38)39)11-13-41-15-17-42(18-16-41)23-5-2-1-3-6-23/h4,7-10,19,23H,1-3,5-6,11-18,20-21H2. The Morgan fingerprint density at radius 2 is 1.57 bits per heavy atom. The van der Waals surface area contributed by atoms with Crippen LogP contribution in [0.25, 0.3) is 0 Å². The van der Waals surface area contributed by atoms with Gasteiger partial charge in [0.15, 0.2) is 0 Å². The largest absolute Gasteiger partial charge is 0.341 e. The highest BCUT2D eigenvalue weighted by atomic mass is 35.6. The van der Waals surface area contributed by atoms with Crippen molar-refractivity contribution in [2.75, 3.05) is 45.8 Å². The van der Waals surface area contributed by atoms with Crippen LogP contribution in [-0.2, 0) is 24.2 Å². The molecule has 4 nitrogen and oxygen atoms in total. The molecule has 5 rings (SSSR count). The van der Waals surface area contributed by atoms with Crippen LogP contribution in [0, 0.1) is 5.82 Å². The summed E-state index contributed by atoms with van der Waals surface area (Å²) >= 11 is 44.2. The van der Waals surface area contributed by atoms with E-state index in [2.05, 4.69) is 9.80 Å². The maximum absolute atomic E-state index is 14.5. The number of rotatable bonds is 7. The highest BCUT2D eigenvalue weighted by Gasteiger charge is 2.44. The molecule has 1 atom stereocenters. The number of amides is 1. The van der Waals surface area contributed by atoms with Crippen LogP contribution in [0.1, 0.15) is 67.2 Å². The second-order valence-electron chi connectivity index (χ2n) is 12.4. The van der Waals surface area contributed by atoms with E-state index >= 15 is 0 Å². The zero-order chi connectivity index (χ0) is 31.7. The first-order chi connectivity index (χ1) is 20.8. The smallest absolute Gasteiger partial charge is 0.227 e. The summed E-state index contributed by atoms with van der Waals surface area (Å²) in [4.78, 5) is 20.5. The van der Waals surface area contributed by atoms with Gasteiger partial charge in [-0.25, -0.2) is 4.39 Å². The van der Waals surface area contributed by atoms with Crippen molar-refractivity contribution in [3.63, 3.8) is 0 Å². The quantitative estimate of drug-likeness (QED) is 0.265. The molecule has 0 bridgehead atoms. The Kier molecular flexibility index (Phi) is 11.6. The van der Waals surface area contributed by atoms with Gasteiger partial charge in [-0.3, -0.25) is 9.69 Å². The minimum Gasteiger partial charge on any atom is -0.341 e. The van der Waals surface area contributed by atoms with Crippen LogP contribution in [-0.4, -0.2) is 72.5 Å². The molecule has 12 heteroatoms. The molecule has 1 saturated carbocycles. The van der Waals surface area contributed by atoms with Crippen LogP contribution in [0.3, 0.4) is 0 Å². The molecule has 2 saturated heterocycles. The minimum absolute atomic E-state index is 0.115. The van der Waals surface area contributed by atoms with Gasteiger partial charge in [0, 0.05) is 72.4 Å². The molecule has 0 spiro atoms. The van der Waals surface area contributed by atoms with E-state index in [4.69, 9.17) is 81.2 Å². The molecule has 2 aliphatic heterocycles. The molecule has 44 heavy (non-hydrogen) atoms. The van der Waals surface area contributed by atoms with Crippen molar-refractivity contribution in [3.8, 4) is 0 Å². The summed E-state index contributed by atoms with van der Waals surface area (Å²) in [7, 11) is 0. The fraction of sp³-hybridized carbons (Fsp3) is 0.594. The molecule has 3 aliphatic rings. The number of carbonyl (C=O) groups excluding carboxylic acids is 1. The fourth-order valence-corrected chi connectivity index (χ4v) is 8.35. The molecule has 0 N–H and O–H groups in total. The summed E-state index contributed by atoms with van der Waals surface area (Å²) < 4.78 is 10.9. The monoisotopic (exact) mass is 743 g/mol. The number of benzene rings is 2. The van der Waals surface area contributed by atoms with E-state index in [9.17, 15) is 9.18 Å². The lowest BCUT2D eigenvalue weighted by molar-refractivity contribution is -0.129. The lowest BCUT2D eigenvalue weighted by Crippen LogP contribution is -2.51. The highest BCUT2D eigenvalue weighted by Crippen LogP contribution is 2.50. The van der Waals surface area contributed by atoms with E-state index in [1.54, 1.807) is 17.0 Å². The molecule has 1 aliphatic carbocycles. The average molecular weight is 747 g/mol. The molecule has 2 heterocycles. The van der Waals surface area contributed by atoms with Crippen LogP contribution in [0.2, 0.25) is 5.02 Å². The number of hydrogen-bond acceptors (Lipinski definition) is 3. The zero-order valence-electron chi connectivity index (χ0n) is 24.4. The van der Waals surface area contributed by atoms with Crippen molar-refractivity contribution in [1.82, 2.24) is 14.7 Å². The first-order valence-electron chi connectivity index (χ1n) is 15.2. The van der Waals surface area contributed by atoms with Gasteiger partial charge < -0.3 is 9.80 Å². The van der Waals surface area contributed by atoms with Crippen LogP contribution in [0.5, 0.6) is 0 Å². The van der Waals surface area contributed by atoms with Gasteiger partial charge in [0.25, 0.3) is 0 Å². The molecular weight excluding hydrogens is 710 g/mol. The molecule has 3 fully saturated rings. The van der Waals surface area contributed by atoms with Crippen molar-refractivity contribution in [2.24, 2.45) is 0 Å². The Balaban J connectivity index is 1.37. The van der Waals surface area contributed by atoms with Crippen molar-refractivity contribution in [2.45, 2.75) is 70.4 Å². The summed E-state index contributed by atoms with van der Waals surface area (Å²) in [6.45, 7) is 5.96. The van der Waals surface area contributed by atoms with E-state index < -0.39 is 18.8 Å². The van der Waals surface area contributed by atoms with Crippen LogP contribution < -0.4 is 0 Å². The second-order valence-corrected chi connectivity index (χ2v) is 17.4. The van der Waals surface area contributed by atoms with Crippen molar-refractivity contribution in [1.29, 1.82) is 0 Å². The van der Waals surface area contributed by atoms with Gasteiger partial charge in [0.2, 0.25) is 13.5 Å². The van der Waals surface area contributed by atoms with Crippen LogP contribution in [0.15, 0.2) is 36.4 Å². The number of hydrogen-bond donors (Lipinski definition) is 0. The fourth-order valence-electron chi connectivity index (χ4n) is 7.16. The summed E-state index contributed by atoms with van der Waals surface area (Å²) in [5.74, 6) is -0.669. The van der Waals surface area contributed by atoms with Gasteiger partial charge in [0.05, 0.1) is 6.42 Å². The molecule has 242 valence electrons. The average Bonchev–Trinajstić information content (AvgIpc) is 3.43. The third-order valence-corrected chi connectivity index (χ3v) is 11.3. The molecule has 2 aromatic rings. The predicted octanol–water partition coefficient (Wildman–Crippen LogP) is 9.19. The second kappa shape index (κ2) is 14.5. The van der Waals surface area contributed by atoms with E-state index in [0.29, 0.717) is 36.7 Å². The number of alkyl halides is 6. The molecule has 2 aromatic carbocycles.